The predicted octanol–water partition coefficient (Wildman–Crippen LogP) is 8.30. The van der Waals surface area contributed by atoms with Crippen molar-refractivity contribution in [1.82, 2.24) is 0 Å². The Morgan fingerprint density at radius 3 is 1.94 bits per heavy atom. The van der Waals surface area contributed by atoms with E-state index in [9.17, 15) is 9.18 Å². The van der Waals surface area contributed by atoms with Gasteiger partial charge in [0.15, 0.2) is 0 Å². The normalized spacial score (nSPS) is 14.4. The highest BCUT2D eigenvalue weighted by molar-refractivity contribution is 6.03. The maximum Gasteiger partial charge on any atom is 0.326 e. The lowest BCUT2D eigenvalue weighted by atomic mass is 10.0. The zero-order chi connectivity index (χ0) is 24.1. The van der Waals surface area contributed by atoms with Gasteiger partial charge in [-0.2, -0.15) is 0 Å². The first-order chi connectivity index (χ1) is 16.4. The molecule has 0 bridgehead atoms. The van der Waals surface area contributed by atoms with E-state index in [1.807, 2.05) is 43.0 Å². The van der Waals surface area contributed by atoms with Gasteiger partial charge in [-0.1, -0.05) is 43.4 Å². The van der Waals surface area contributed by atoms with Crippen LogP contribution in [0, 0.1) is 26.6 Å². The summed E-state index contributed by atoms with van der Waals surface area (Å²) in [5.41, 5.74) is 5.04. The quantitative estimate of drug-likeness (QED) is 0.389. The Bertz CT molecular complexity index is 1090. The number of amides is 2. The highest BCUT2D eigenvalue weighted by Crippen LogP contribution is 2.31. The van der Waals surface area contributed by atoms with Crippen LogP contribution in [0.2, 0.25) is 0 Å². The smallest absolute Gasteiger partial charge is 0.326 e. The molecule has 0 aromatic heterocycles. The molecule has 1 fully saturated rings. The monoisotopic (exact) mass is 460 g/mol. The van der Waals surface area contributed by atoms with E-state index in [1.54, 1.807) is 12.1 Å². The number of rotatable bonds is 5. The number of ether oxygens (including phenoxy) is 1. The van der Waals surface area contributed by atoms with Crippen molar-refractivity contribution in [2.75, 3.05) is 10.2 Å². The van der Waals surface area contributed by atoms with Gasteiger partial charge >= 0.3 is 6.03 Å². The number of halogens is 1. The highest BCUT2D eigenvalue weighted by Gasteiger charge is 2.27. The Morgan fingerprint density at radius 1 is 0.853 bits per heavy atom. The molecule has 2 amide bonds. The highest BCUT2D eigenvalue weighted by atomic mass is 19.1. The summed E-state index contributed by atoms with van der Waals surface area (Å²) in [6.45, 7) is 6.14. The fourth-order valence-corrected chi connectivity index (χ4v) is 4.87. The predicted molar refractivity (Wildman–Crippen MR) is 137 cm³/mol. The van der Waals surface area contributed by atoms with Crippen molar-refractivity contribution in [2.45, 2.75) is 65.3 Å². The van der Waals surface area contributed by atoms with Gasteiger partial charge in [-0.05, 0) is 93.3 Å². The van der Waals surface area contributed by atoms with Crippen LogP contribution in [0.25, 0.3) is 0 Å². The second-order valence-corrected chi connectivity index (χ2v) is 9.27. The van der Waals surface area contributed by atoms with Gasteiger partial charge in [-0.15, -0.1) is 0 Å². The van der Waals surface area contributed by atoms with Gasteiger partial charge in [0.1, 0.15) is 17.3 Å². The number of urea groups is 1. The lowest BCUT2D eigenvalue weighted by molar-refractivity contribution is 0.254. The molecular weight excluding hydrogens is 427 g/mol. The number of nitrogens with one attached hydrogen (secondary N) is 1. The molecule has 0 unspecified atom stereocenters. The average Bonchev–Trinajstić information content (AvgIpc) is 3.08. The van der Waals surface area contributed by atoms with E-state index in [1.165, 1.54) is 30.5 Å². The largest absolute Gasteiger partial charge is 0.457 e. The summed E-state index contributed by atoms with van der Waals surface area (Å²) >= 11 is 0. The summed E-state index contributed by atoms with van der Waals surface area (Å²) in [4.78, 5) is 15.6. The Labute approximate surface area is 201 Å². The fraction of sp³-hybridized carbons (Fsp3) is 0.345. The number of anilines is 2. The number of nitrogens with zero attached hydrogens (tertiary/aromatic N) is 1. The van der Waals surface area contributed by atoms with Crippen molar-refractivity contribution in [2.24, 2.45) is 0 Å². The molecule has 0 aliphatic heterocycles. The summed E-state index contributed by atoms with van der Waals surface area (Å²) in [7, 11) is 0. The number of hydrogen-bond donors (Lipinski definition) is 1. The van der Waals surface area contributed by atoms with Crippen LogP contribution in [0.3, 0.4) is 0 Å². The van der Waals surface area contributed by atoms with E-state index >= 15 is 0 Å². The molecule has 0 spiro atoms. The molecule has 34 heavy (non-hydrogen) atoms. The first-order valence-electron chi connectivity index (χ1n) is 12.1. The lowest BCUT2D eigenvalue weighted by Crippen LogP contribution is -2.43. The van der Waals surface area contributed by atoms with Gasteiger partial charge in [0.2, 0.25) is 0 Å². The van der Waals surface area contributed by atoms with Crippen LogP contribution < -0.4 is 15.0 Å². The number of hydrogen-bond acceptors (Lipinski definition) is 2. The molecule has 1 saturated carbocycles. The summed E-state index contributed by atoms with van der Waals surface area (Å²) in [6.07, 6.45) is 6.67. The molecule has 0 atom stereocenters. The third-order valence-electron chi connectivity index (χ3n) is 6.48. The molecule has 1 aliphatic carbocycles. The average molecular weight is 461 g/mol. The van der Waals surface area contributed by atoms with E-state index < -0.39 is 0 Å². The molecule has 5 heteroatoms. The number of benzene rings is 3. The summed E-state index contributed by atoms with van der Waals surface area (Å²) in [5.74, 6) is 0.909. The van der Waals surface area contributed by atoms with Gasteiger partial charge in [0.25, 0.3) is 0 Å². The van der Waals surface area contributed by atoms with Crippen LogP contribution in [-0.4, -0.2) is 12.1 Å². The second-order valence-electron chi connectivity index (χ2n) is 9.27. The van der Waals surface area contributed by atoms with Crippen LogP contribution in [0.5, 0.6) is 11.5 Å². The summed E-state index contributed by atoms with van der Waals surface area (Å²) in [6, 6.07) is 17.8. The van der Waals surface area contributed by atoms with E-state index in [2.05, 4.69) is 24.4 Å². The van der Waals surface area contributed by atoms with Gasteiger partial charge < -0.3 is 10.1 Å². The fourth-order valence-electron chi connectivity index (χ4n) is 4.87. The molecule has 4 nitrogen and oxygen atoms in total. The van der Waals surface area contributed by atoms with Crippen LogP contribution in [0.1, 0.15) is 55.2 Å². The van der Waals surface area contributed by atoms with Gasteiger partial charge in [-0.25, -0.2) is 9.18 Å². The molecule has 1 aliphatic rings. The molecule has 1 N–H and O–H groups in total. The van der Waals surface area contributed by atoms with Crippen LogP contribution in [0.15, 0.2) is 60.7 Å². The third-order valence-corrected chi connectivity index (χ3v) is 6.48. The minimum atomic E-state index is -0.299. The maximum atomic E-state index is 13.7. The van der Waals surface area contributed by atoms with Crippen LogP contribution >= 0.6 is 0 Å². The van der Waals surface area contributed by atoms with Crippen molar-refractivity contribution in [1.29, 1.82) is 0 Å². The van der Waals surface area contributed by atoms with Crippen molar-refractivity contribution >= 4 is 17.4 Å². The molecule has 178 valence electrons. The van der Waals surface area contributed by atoms with E-state index in [0.717, 1.165) is 48.2 Å². The second kappa shape index (κ2) is 10.7. The zero-order valence-corrected chi connectivity index (χ0v) is 20.2. The minimum Gasteiger partial charge on any atom is -0.457 e. The first-order valence-corrected chi connectivity index (χ1v) is 12.1. The topological polar surface area (TPSA) is 41.6 Å². The molecular formula is C29H33FN2O2. The Hall–Kier alpha value is -3.34. The number of carbonyl (C=O) groups excluding carboxylic acids is 1. The van der Waals surface area contributed by atoms with Crippen LogP contribution in [0.4, 0.5) is 20.6 Å². The lowest BCUT2D eigenvalue weighted by Gasteiger charge is -2.32. The van der Waals surface area contributed by atoms with E-state index in [0.29, 0.717) is 11.5 Å². The zero-order valence-electron chi connectivity index (χ0n) is 20.2. The minimum absolute atomic E-state index is 0.103. The van der Waals surface area contributed by atoms with Crippen molar-refractivity contribution in [3.8, 4) is 11.5 Å². The molecule has 3 aromatic carbocycles. The van der Waals surface area contributed by atoms with Crippen molar-refractivity contribution in [3.05, 3.63) is 83.2 Å². The Kier molecular flexibility index (Phi) is 7.51. The SMILES string of the molecule is Cc1cc(C)c(NC(=O)N(c2ccc(Oc3ccc(F)cc3)cc2)C2CCCCCC2)c(C)c1. The molecule has 0 saturated heterocycles. The first kappa shape index (κ1) is 23.8. The number of carbonyl (C=O) groups is 1. The summed E-state index contributed by atoms with van der Waals surface area (Å²) < 4.78 is 19.0. The van der Waals surface area contributed by atoms with Crippen LogP contribution in [-0.2, 0) is 0 Å². The maximum absolute atomic E-state index is 13.7. The van der Waals surface area contributed by atoms with Gasteiger partial charge in [0.05, 0.1) is 0 Å². The van der Waals surface area contributed by atoms with E-state index in [-0.39, 0.29) is 17.9 Å². The Balaban J connectivity index is 1.59. The standard InChI is InChI=1S/C29H33FN2O2/c1-20-18-21(2)28(22(3)19-20)31-29(33)32(24-8-6-4-5-7-9-24)25-12-16-27(17-13-25)34-26-14-10-23(30)11-15-26/h10-19,24H,4-9H2,1-3H3,(H,31,33). The third kappa shape index (κ3) is 5.77. The molecule has 0 heterocycles. The van der Waals surface area contributed by atoms with Crippen molar-refractivity contribution in [3.63, 3.8) is 0 Å². The Morgan fingerprint density at radius 2 is 1.38 bits per heavy atom. The molecule has 4 rings (SSSR count). The molecule has 0 radical (unpaired) electrons. The number of aryl methyl sites for hydroxylation is 3. The van der Waals surface area contributed by atoms with Crippen molar-refractivity contribution < 1.29 is 13.9 Å². The van der Waals surface area contributed by atoms with E-state index in [4.69, 9.17) is 4.74 Å². The molecule has 3 aromatic rings. The summed E-state index contributed by atoms with van der Waals surface area (Å²) in [5, 5.41) is 3.20. The van der Waals surface area contributed by atoms with Gasteiger partial charge in [-0.3, -0.25) is 4.90 Å². The van der Waals surface area contributed by atoms with Gasteiger partial charge in [0, 0.05) is 17.4 Å².